The Balaban J connectivity index is 1.76. The van der Waals surface area contributed by atoms with Crippen molar-refractivity contribution in [2.24, 2.45) is 0 Å². The molecule has 0 atom stereocenters. The molecule has 0 bridgehead atoms. The van der Waals surface area contributed by atoms with Gasteiger partial charge in [0.1, 0.15) is 5.69 Å². The second kappa shape index (κ2) is 6.67. The van der Waals surface area contributed by atoms with Crippen molar-refractivity contribution in [3.8, 4) is 11.5 Å². The molecular formula is C19H19FN6. The van der Waals surface area contributed by atoms with Crippen LogP contribution in [0.25, 0.3) is 17.2 Å². The van der Waals surface area contributed by atoms with Gasteiger partial charge in [0.2, 0.25) is 5.95 Å². The lowest BCUT2D eigenvalue weighted by Crippen LogP contribution is -2.10. The lowest BCUT2D eigenvalue weighted by atomic mass is 10.1. The molecule has 26 heavy (non-hydrogen) atoms. The fourth-order valence-electron chi connectivity index (χ4n) is 3.10. The van der Waals surface area contributed by atoms with E-state index >= 15 is 0 Å². The molecule has 0 aliphatic heterocycles. The summed E-state index contributed by atoms with van der Waals surface area (Å²) in [5.41, 5.74) is 4.41. The highest BCUT2D eigenvalue weighted by atomic mass is 19.1. The van der Waals surface area contributed by atoms with E-state index in [0.717, 1.165) is 35.4 Å². The highest BCUT2D eigenvalue weighted by Gasteiger charge is 2.13. The Morgan fingerprint density at radius 1 is 1.19 bits per heavy atom. The summed E-state index contributed by atoms with van der Waals surface area (Å²) < 4.78 is 17.2. The van der Waals surface area contributed by atoms with Crippen molar-refractivity contribution < 1.29 is 4.39 Å². The third kappa shape index (κ3) is 3.08. The number of fused-ring (bicyclic) bond motifs is 1. The molecule has 0 spiro atoms. The molecule has 7 heteroatoms. The van der Waals surface area contributed by atoms with E-state index in [1.165, 1.54) is 6.07 Å². The van der Waals surface area contributed by atoms with Gasteiger partial charge in [0, 0.05) is 12.4 Å². The number of pyridine rings is 1. The average molecular weight is 350 g/mol. The third-order valence-electron chi connectivity index (χ3n) is 4.24. The second-order valence-corrected chi connectivity index (χ2v) is 6.28. The number of hydrogen-bond donors (Lipinski definition) is 0. The summed E-state index contributed by atoms with van der Waals surface area (Å²) in [4.78, 5) is 12.8. The summed E-state index contributed by atoms with van der Waals surface area (Å²) in [7, 11) is 0. The van der Waals surface area contributed by atoms with Gasteiger partial charge in [0.25, 0.3) is 0 Å². The van der Waals surface area contributed by atoms with E-state index in [2.05, 4.69) is 27.9 Å². The summed E-state index contributed by atoms with van der Waals surface area (Å²) in [6, 6.07) is 6.81. The Morgan fingerprint density at radius 3 is 2.88 bits per heavy atom. The van der Waals surface area contributed by atoms with Crippen molar-refractivity contribution in [2.75, 3.05) is 0 Å². The van der Waals surface area contributed by atoms with Crippen molar-refractivity contribution in [2.45, 2.75) is 33.2 Å². The molecule has 4 aromatic heterocycles. The quantitative estimate of drug-likeness (QED) is 0.517. The molecule has 0 aliphatic rings. The van der Waals surface area contributed by atoms with Gasteiger partial charge in [-0.15, -0.1) is 0 Å². The first-order valence-corrected chi connectivity index (χ1v) is 8.63. The van der Waals surface area contributed by atoms with Crippen LogP contribution in [0.15, 0.2) is 42.9 Å². The molecule has 0 fully saturated rings. The zero-order chi connectivity index (χ0) is 18.1. The van der Waals surface area contributed by atoms with E-state index < -0.39 is 5.95 Å². The molecule has 0 radical (unpaired) electrons. The van der Waals surface area contributed by atoms with Gasteiger partial charge < -0.3 is 4.57 Å². The van der Waals surface area contributed by atoms with Crippen LogP contribution in [0, 0.1) is 12.9 Å². The van der Waals surface area contributed by atoms with Crippen LogP contribution in [-0.4, -0.2) is 29.1 Å². The molecule has 4 rings (SSSR count). The van der Waals surface area contributed by atoms with Gasteiger partial charge in [-0.1, -0.05) is 19.4 Å². The zero-order valence-electron chi connectivity index (χ0n) is 14.7. The Bertz CT molecular complexity index is 1070. The first-order valence-electron chi connectivity index (χ1n) is 8.63. The molecule has 0 aliphatic carbocycles. The first kappa shape index (κ1) is 16.4. The van der Waals surface area contributed by atoms with Gasteiger partial charge >= 0.3 is 0 Å². The Kier molecular flexibility index (Phi) is 4.20. The maximum absolute atomic E-state index is 13.5. The molecule has 0 unspecified atom stereocenters. The van der Waals surface area contributed by atoms with E-state index in [1.54, 1.807) is 22.8 Å². The van der Waals surface area contributed by atoms with Crippen LogP contribution in [0.3, 0.4) is 0 Å². The normalized spacial score (nSPS) is 11.3. The fourth-order valence-corrected chi connectivity index (χ4v) is 3.10. The van der Waals surface area contributed by atoms with Crippen LogP contribution in [-0.2, 0) is 13.0 Å². The number of rotatable bonds is 5. The van der Waals surface area contributed by atoms with Crippen molar-refractivity contribution in [1.29, 1.82) is 0 Å². The minimum Gasteiger partial charge on any atom is -0.324 e. The Hall–Kier alpha value is -3.09. The number of aromatic nitrogens is 6. The predicted octanol–water partition coefficient (Wildman–Crippen LogP) is 3.44. The van der Waals surface area contributed by atoms with E-state index in [1.807, 2.05) is 23.9 Å². The fraction of sp³-hybridized carbons (Fsp3) is 0.263. The molecule has 0 amide bonds. The molecule has 6 nitrogen and oxygen atoms in total. The molecule has 0 saturated carbocycles. The standard InChI is InChI=1S/C19H19FN6/c1-3-5-14-10-18-22-13(2)11-26(18)24-16(14)12-25-9-8-21-19(25)15-6-4-7-17(20)23-15/h4,6-11H,3,5,12H2,1-2H3. The van der Waals surface area contributed by atoms with Crippen LogP contribution in [0.2, 0.25) is 0 Å². The SMILES string of the molecule is CCCc1cc2nc(C)cn2nc1Cn1ccnc1-c1cccc(F)n1. The van der Waals surface area contributed by atoms with Gasteiger partial charge in [0.15, 0.2) is 11.5 Å². The van der Waals surface area contributed by atoms with E-state index in [4.69, 9.17) is 5.10 Å². The summed E-state index contributed by atoms with van der Waals surface area (Å²) in [6.07, 6.45) is 7.42. The second-order valence-electron chi connectivity index (χ2n) is 6.28. The van der Waals surface area contributed by atoms with E-state index in [0.29, 0.717) is 18.1 Å². The van der Waals surface area contributed by atoms with E-state index in [-0.39, 0.29) is 0 Å². The van der Waals surface area contributed by atoms with Crippen LogP contribution >= 0.6 is 0 Å². The first-order chi connectivity index (χ1) is 12.6. The predicted molar refractivity (Wildman–Crippen MR) is 96.2 cm³/mol. The largest absolute Gasteiger partial charge is 0.324 e. The van der Waals surface area contributed by atoms with Gasteiger partial charge in [-0.05, 0) is 37.1 Å². The molecule has 132 valence electrons. The van der Waals surface area contributed by atoms with Crippen LogP contribution < -0.4 is 0 Å². The Labute approximate surface area is 150 Å². The van der Waals surface area contributed by atoms with Crippen LogP contribution in [0.5, 0.6) is 0 Å². The molecular weight excluding hydrogens is 331 g/mol. The molecule has 4 aromatic rings. The lowest BCUT2D eigenvalue weighted by molar-refractivity contribution is 0.584. The number of nitrogens with zero attached hydrogens (tertiary/aromatic N) is 6. The van der Waals surface area contributed by atoms with Crippen molar-refractivity contribution in [3.05, 3.63) is 65.8 Å². The molecule has 0 saturated heterocycles. The number of hydrogen-bond acceptors (Lipinski definition) is 4. The monoisotopic (exact) mass is 350 g/mol. The van der Waals surface area contributed by atoms with Gasteiger partial charge in [-0.2, -0.15) is 9.49 Å². The zero-order valence-corrected chi connectivity index (χ0v) is 14.7. The minimum absolute atomic E-state index is 0.506. The molecule has 4 heterocycles. The van der Waals surface area contributed by atoms with Gasteiger partial charge in [-0.25, -0.2) is 19.5 Å². The average Bonchev–Trinajstić information content (AvgIpc) is 3.21. The smallest absolute Gasteiger partial charge is 0.213 e. The number of imidazole rings is 2. The van der Waals surface area contributed by atoms with Gasteiger partial charge in [-0.3, -0.25) is 0 Å². The summed E-state index contributed by atoms with van der Waals surface area (Å²) >= 11 is 0. The highest BCUT2D eigenvalue weighted by molar-refractivity contribution is 5.50. The van der Waals surface area contributed by atoms with Gasteiger partial charge in [0.05, 0.1) is 24.1 Å². The minimum atomic E-state index is -0.517. The van der Waals surface area contributed by atoms with Crippen molar-refractivity contribution in [3.63, 3.8) is 0 Å². The van der Waals surface area contributed by atoms with Crippen LogP contribution in [0.4, 0.5) is 4.39 Å². The number of aryl methyl sites for hydroxylation is 2. The maximum Gasteiger partial charge on any atom is 0.213 e. The summed E-state index contributed by atoms with van der Waals surface area (Å²) in [5, 5.41) is 4.75. The third-order valence-corrected chi connectivity index (χ3v) is 4.24. The maximum atomic E-state index is 13.5. The van der Waals surface area contributed by atoms with Crippen molar-refractivity contribution in [1.82, 2.24) is 29.1 Å². The Morgan fingerprint density at radius 2 is 2.08 bits per heavy atom. The lowest BCUT2D eigenvalue weighted by Gasteiger charge is -2.11. The summed E-state index contributed by atoms with van der Waals surface area (Å²) in [5.74, 6) is 0.104. The molecule has 0 aromatic carbocycles. The topological polar surface area (TPSA) is 60.9 Å². The van der Waals surface area contributed by atoms with E-state index in [9.17, 15) is 4.39 Å². The number of halogens is 1. The molecule has 0 N–H and O–H groups in total. The van der Waals surface area contributed by atoms with Crippen LogP contribution in [0.1, 0.15) is 30.3 Å². The highest BCUT2D eigenvalue weighted by Crippen LogP contribution is 2.19. The summed E-state index contributed by atoms with van der Waals surface area (Å²) in [6.45, 7) is 4.64. The van der Waals surface area contributed by atoms with Crippen molar-refractivity contribution >= 4 is 5.65 Å².